The van der Waals surface area contributed by atoms with Crippen molar-refractivity contribution >= 4 is 12.0 Å². The first kappa shape index (κ1) is 22.3. The maximum absolute atomic E-state index is 12.6. The van der Waals surface area contributed by atoms with E-state index in [1.165, 1.54) is 4.90 Å². The van der Waals surface area contributed by atoms with Crippen molar-refractivity contribution in [1.82, 2.24) is 10.2 Å². The number of imide groups is 1. The van der Waals surface area contributed by atoms with E-state index in [4.69, 9.17) is 14.2 Å². The second kappa shape index (κ2) is 10.0. The van der Waals surface area contributed by atoms with Gasteiger partial charge in [-0.25, -0.2) is 9.69 Å². The number of benzene rings is 1. The minimum atomic E-state index is -0.684. The second-order valence-corrected chi connectivity index (χ2v) is 7.84. The molecule has 0 bridgehead atoms. The number of nitrogens with zero attached hydrogens (tertiary/aromatic N) is 1. The van der Waals surface area contributed by atoms with E-state index in [1.54, 1.807) is 27.7 Å². The van der Waals surface area contributed by atoms with Gasteiger partial charge in [-0.15, -0.1) is 0 Å². The molecule has 1 aliphatic rings. The molecule has 0 spiro atoms. The molecule has 1 aliphatic heterocycles. The molecule has 1 aromatic rings. The van der Waals surface area contributed by atoms with Crippen LogP contribution in [0.2, 0.25) is 0 Å². The third kappa shape index (κ3) is 6.58. The maximum Gasteiger partial charge on any atom is 0.417 e. The van der Waals surface area contributed by atoms with Crippen LogP contribution in [0.15, 0.2) is 30.3 Å². The van der Waals surface area contributed by atoms with Crippen molar-refractivity contribution in [2.75, 3.05) is 13.2 Å². The molecular weight excluding hydrogens is 360 g/mol. The lowest BCUT2D eigenvalue weighted by molar-refractivity contribution is -0.143. The number of carbonyl (C=O) groups is 2. The van der Waals surface area contributed by atoms with Gasteiger partial charge in [-0.2, -0.15) is 0 Å². The molecule has 7 heteroatoms. The molecule has 1 aromatic carbocycles. The number of rotatable bonds is 8. The summed E-state index contributed by atoms with van der Waals surface area (Å²) in [5.74, 6) is -0.266. The monoisotopic (exact) mass is 392 g/mol. The van der Waals surface area contributed by atoms with Crippen molar-refractivity contribution in [2.45, 2.75) is 71.6 Å². The Hall–Kier alpha value is -1.96. The average molecular weight is 392 g/mol. The summed E-state index contributed by atoms with van der Waals surface area (Å²) in [6, 6.07) is 9.22. The van der Waals surface area contributed by atoms with Crippen molar-refractivity contribution in [1.29, 1.82) is 0 Å². The molecule has 1 unspecified atom stereocenters. The van der Waals surface area contributed by atoms with E-state index in [0.717, 1.165) is 5.56 Å². The van der Waals surface area contributed by atoms with Gasteiger partial charge < -0.3 is 19.5 Å². The predicted octanol–water partition coefficient (Wildman–Crippen LogP) is 3.08. The third-order valence-corrected chi connectivity index (χ3v) is 4.36. The van der Waals surface area contributed by atoms with Crippen LogP contribution in [0.1, 0.15) is 46.6 Å². The maximum atomic E-state index is 12.6. The number of carbonyl (C=O) groups excluding carboxylic acids is 2. The first-order valence-electron chi connectivity index (χ1n) is 9.76. The number of amides is 2. The predicted molar refractivity (Wildman–Crippen MR) is 106 cm³/mol. The van der Waals surface area contributed by atoms with Gasteiger partial charge in [0.15, 0.2) is 6.29 Å². The lowest BCUT2D eigenvalue weighted by Crippen LogP contribution is -2.50. The Morgan fingerprint density at radius 1 is 1.25 bits per heavy atom. The summed E-state index contributed by atoms with van der Waals surface area (Å²) in [6.45, 7) is 10.3. The van der Waals surface area contributed by atoms with Crippen LogP contribution in [0.3, 0.4) is 0 Å². The SMILES string of the molecule is CCOC(C)OC[C@@H]1[C@@H](NCc2ccccc2)CC(=O)N1C(=O)OC(C)(C)C. The van der Waals surface area contributed by atoms with Gasteiger partial charge >= 0.3 is 6.09 Å². The minimum absolute atomic E-state index is 0.179. The highest BCUT2D eigenvalue weighted by molar-refractivity contribution is 5.95. The van der Waals surface area contributed by atoms with Crippen LogP contribution >= 0.6 is 0 Å². The van der Waals surface area contributed by atoms with Crippen LogP contribution in [0.5, 0.6) is 0 Å². The van der Waals surface area contributed by atoms with E-state index >= 15 is 0 Å². The highest BCUT2D eigenvalue weighted by atomic mass is 16.7. The van der Waals surface area contributed by atoms with Crippen molar-refractivity contribution in [3.63, 3.8) is 0 Å². The average Bonchev–Trinajstić information content (AvgIpc) is 2.93. The summed E-state index contributed by atoms with van der Waals surface area (Å²) < 4.78 is 16.6. The summed E-state index contributed by atoms with van der Waals surface area (Å²) in [6.07, 6.45) is -0.849. The number of nitrogens with one attached hydrogen (secondary N) is 1. The van der Waals surface area contributed by atoms with Gasteiger partial charge in [-0.3, -0.25) is 4.79 Å². The lowest BCUT2D eigenvalue weighted by atomic mass is 10.1. The zero-order valence-electron chi connectivity index (χ0n) is 17.4. The van der Waals surface area contributed by atoms with Crippen molar-refractivity contribution in [3.05, 3.63) is 35.9 Å². The Morgan fingerprint density at radius 2 is 1.93 bits per heavy atom. The fraction of sp³-hybridized carbons (Fsp3) is 0.619. The highest BCUT2D eigenvalue weighted by Gasteiger charge is 2.45. The first-order valence-corrected chi connectivity index (χ1v) is 9.76. The Labute approximate surface area is 167 Å². The Balaban J connectivity index is 2.10. The lowest BCUT2D eigenvalue weighted by Gasteiger charge is -2.30. The molecule has 1 heterocycles. The Morgan fingerprint density at radius 3 is 2.54 bits per heavy atom. The molecule has 0 saturated carbocycles. The third-order valence-electron chi connectivity index (χ3n) is 4.36. The molecule has 0 aliphatic carbocycles. The molecule has 0 aromatic heterocycles. The van der Waals surface area contributed by atoms with Gasteiger partial charge in [0.1, 0.15) is 5.60 Å². The number of likely N-dealkylation sites (tertiary alicyclic amines) is 1. The molecule has 1 saturated heterocycles. The van der Waals surface area contributed by atoms with Gasteiger partial charge in [0.05, 0.1) is 12.6 Å². The number of hydrogen-bond acceptors (Lipinski definition) is 6. The standard InChI is InChI=1S/C21H32N2O5/c1-6-26-15(2)27-14-18-17(22-13-16-10-8-7-9-11-16)12-19(24)23(18)20(25)28-21(3,4)5/h7-11,15,17-18,22H,6,12-14H2,1-5H3/t15?,17-,18+/m0/s1. The topological polar surface area (TPSA) is 77.1 Å². The summed E-state index contributed by atoms with van der Waals surface area (Å²) >= 11 is 0. The molecule has 2 rings (SSSR count). The fourth-order valence-corrected chi connectivity index (χ4v) is 3.10. The Bertz CT molecular complexity index is 644. The van der Waals surface area contributed by atoms with Gasteiger partial charge in [0.25, 0.3) is 0 Å². The van der Waals surface area contributed by atoms with Crippen molar-refractivity contribution in [3.8, 4) is 0 Å². The van der Waals surface area contributed by atoms with Gasteiger partial charge in [0.2, 0.25) is 5.91 Å². The van der Waals surface area contributed by atoms with Crippen LogP contribution in [0.4, 0.5) is 4.79 Å². The van der Waals surface area contributed by atoms with Crippen LogP contribution in [0.25, 0.3) is 0 Å². The van der Waals surface area contributed by atoms with E-state index in [9.17, 15) is 9.59 Å². The highest BCUT2D eigenvalue weighted by Crippen LogP contribution is 2.24. The van der Waals surface area contributed by atoms with E-state index in [-0.39, 0.29) is 25.0 Å². The van der Waals surface area contributed by atoms with E-state index < -0.39 is 24.0 Å². The van der Waals surface area contributed by atoms with Crippen molar-refractivity contribution < 1.29 is 23.8 Å². The van der Waals surface area contributed by atoms with Crippen LogP contribution in [0, 0.1) is 0 Å². The van der Waals surface area contributed by atoms with E-state index in [0.29, 0.717) is 13.2 Å². The van der Waals surface area contributed by atoms with Crippen LogP contribution in [-0.4, -0.2) is 54.1 Å². The van der Waals surface area contributed by atoms with Crippen LogP contribution < -0.4 is 5.32 Å². The zero-order valence-corrected chi connectivity index (χ0v) is 17.4. The normalized spacial score (nSPS) is 21.0. The summed E-state index contributed by atoms with van der Waals surface area (Å²) in [5, 5.41) is 3.39. The van der Waals surface area contributed by atoms with Crippen LogP contribution in [-0.2, 0) is 25.5 Å². The second-order valence-electron chi connectivity index (χ2n) is 7.84. The first-order chi connectivity index (χ1) is 13.2. The molecule has 3 atom stereocenters. The number of ether oxygens (including phenoxy) is 3. The van der Waals surface area contributed by atoms with E-state index in [2.05, 4.69) is 5.32 Å². The largest absolute Gasteiger partial charge is 0.443 e. The Kier molecular flexibility index (Phi) is 7.98. The molecule has 1 fully saturated rings. The smallest absolute Gasteiger partial charge is 0.417 e. The van der Waals surface area contributed by atoms with Gasteiger partial charge in [-0.1, -0.05) is 30.3 Å². The quantitative estimate of drug-likeness (QED) is 0.685. The molecular formula is C21H32N2O5. The molecule has 28 heavy (non-hydrogen) atoms. The van der Waals surface area contributed by atoms with Crippen molar-refractivity contribution in [2.24, 2.45) is 0 Å². The van der Waals surface area contributed by atoms with E-state index in [1.807, 2.05) is 37.3 Å². The summed E-state index contributed by atoms with van der Waals surface area (Å²) in [7, 11) is 0. The fourth-order valence-electron chi connectivity index (χ4n) is 3.10. The minimum Gasteiger partial charge on any atom is -0.443 e. The molecule has 156 valence electrons. The molecule has 2 amide bonds. The van der Waals surface area contributed by atoms with Gasteiger partial charge in [0, 0.05) is 25.6 Å². The zero-order chi connectivity index (χ0) is 20.7. The van der Waals surface area contributed by atoms with Gasteiger partial charge in [-0.05, 0) is 40.2 Å². The summed E-state index contributed by atoms with van der Waals surface area (Å²) in [4.78, 5) is 26.4. The molecule has 1 N–H and O–H groups in total. The molecule has 7 nitrogen and oxygen atoms in total. The number of hydrogen-bond donors (Lipinski definition) is 1. The molecule has 0 radical (unpaired) electrons. The summed E-state index contributed by atoms with van der Waals surface area (Å²) in [5.41, 5.74) is 0.421.